The van der Waals surface area contributed by atoms with Gasteiger partial charge in [0.1, 0.15) is 23.4 Å². The van der Waals surface area contributed by atoms with Gasteiger partial charge in [-0.2, -0.15) is 5.10 Å². The number of hydrogen-bond acceptors (Lipinski definition) is 15. The number of aromatic hydroxyl groups is 3. The highest BCUT2D eigenvalue weighted by Crippen LogP contribution is 2.55. The number of nitrogens with one attached hydrogen (secondary N) is 1. The molecule has 2 fully saturated rings. The van der Waals surface area contributed by atoms with Gasteiger partial charge in [0, 0.05) is 80.3 Å². The molecule has 7 rings (SSSR count). The Morgan fingerprint density at radius 2 is 1.68 bits per heavy atom. The number of methoxy groups -OCH3 is 1. The summed E-state index contributed by atoms with van der Waals surface area (Å²) >= 11 is 0. The topological polar surface area (TPSA) is 220 Å². The molecule has 10 atom stereocenters. The smallest absolute Gasteiger partial charge is 0.312 e. The molecular formula is C46H62N4O12. The number of rotatable bonds is 4. The number of aliphatic hydroxyl groups is 2. The maximum Gasteiger partial charge on any atom is 0.312 e. The molecule has 5 aliphatic heterocycles. The number of ether oxygens (including phenoxy) is 4. The van der Waals surface area contributed by atoms with Gasteiger partial charge in [0.2, 0.25) is 0 Å². The van der Waals surface area contributed by atoms with E-state index in [1.165, 1.54) is 59.4 Å². The third-order valence-corrected chi connectivity index (χ3v) is 13.2. The minimum Gasteiger partial charge on any atom is -0.507 e. The third kappa shape index (κ3) is 8.87. The van der Waals surface area contributed by atoms with Gasteiger partial charge in [-0.1, -0.05) is 52.3 Å². The lowest BCUT2D eigenvalue weighted by Crippen LogP contribution is -2.53. The number of phenolic OH excluding ortho intramolecular Hbond substituents is 3. The average molecular weight is 863 g/mol. The van der Waals surface area contributed by atoms with Gasteiger partial charge < -0.3 is 49.8 Å². The van der Waals surface area contributed by atoms with Crippen molar-refractivity contribution in [1.82, 2.24) is 9.91 Å². The third-order valence-electron chi connectivity index (χ3n) is 13.2. The van der Waals surface area contributed by atoms with Crippen molar-refractivity contribution in [3.63, 3.8) is 0 Å². The van der Waals surface area contributed by atoms with Gasteiger partial charge in [-0.3, -0.25) is 24.3 Å². The Kier molecular flexibility index (Phi) is 14.0. The van der Waals surface area contributed by atoms with Crippen LogP contribution in [0.4, 0.5) is 5.69 Å². The first kappa shape index (κ1) is 46.3. The minimum atomic E-state index is -2.04. The summed E-state index contributed by atoms with van der Waals surface area (Å²) in [5.41, 5.74) is -0.287. The molecule has 2 aromatic rings. The van der Waals surface area contributed by atoms with E-state index in [0.717, 1.165) is 32.4 Å². The number of piperazine rings is 1. The number of allylic oxidation sites excluding steroid dienone is 2. The van der Waals surface area contributed by atoms with Crippen LogP contribution in [0.25, 0.3) is 10.8 Å². The van der Waals surface area contributed by atoms with E-state index in [4.69, 9.17) is 24.0 Å². The number of piperidine rings is 1. The zero-order chi connectivity index (χ0) is 45.4. The number of ketones is 1. The number of Topliss-reactive ketones (excluding diaryl/α,β-unsaturated/α-hetero) is 1. The van der Waals surface area contributed by atoms with Crippen molar-refractivity contribution >= 4 is 40.3 Å². The lowest BCUT2D eigenvalue weighted by Gasteiger charge is -2.42. The van der Waals surface area contributed by atoms with Crippen LogP contribution in [0.15, 0.2) is 41.2 Å². The summed E-state index contributed by atoms with van der Waals surface area (Å²) in [6, 6.07) is 0.305. The van der Waals surface area contributed by atoms with Crippen LogP contribution in [-0.2, 0) is 23.8 Å². The van der Waals surface area contributed by atoms with Gasteiger partial charge >= 0.3 is 11.8 Å². The monoisotopic (exact) mass is 862 g/mol. The predicted octanol–water partition coefficient (Wildman–Crippen LogP) is 5.26. The normalized spacial score (nSPS) is 32.9. The van der Waals surface area contributed by atoms with Gasteiger partial charge in [-0.15, -0.1) is 0 Å². The number of carbonyl (C=O) groups is 3. The number of aliphatic hydroxyl groups excluding tert-OH is 2. The van der Waals surface area contributed by atoms with Crippen LogP contribution >= 0.6 is 0 Å². The number of nitrogens with zero attached hydrogens (tertiary/aromatic N) is 3. The molecular weight excluding hydrogens is 801 g/mol. The lowest BCUT2D eigenvalue weighted by atomic mass is 9.78. The first-order valence-electron chi connectivity index (χ1n) is 21.4. The molecule has 0 aliphatic carbocycles. The molecule has 62 heavy (non-hydrogen) atoms. The molecule has 16 heteroatoms. The largest absolute Gasteiger partial charge is 0.507 e. The van der Waals surface area contributed by atoms with Gasteiger partial charge in [-0.25, -0.2) is 0 Å². The number of fused-ring (bicyclic) bond motifs is 15. The van der Waals surface area contributed by atoms with Crippen LogP contribution in [0.2, 0.25) is 0 Å². The first-order chi connectivity index (χ1) is 29.3. The van der Waals surface area contributed by atoms with E-state index < -0.39 is 88.8 Å². The quantitative estimate of drug-likeness (QED) is 0.100. The van der Waals surface area contributed by atoms with Crippen LogP contribution in [0, 0.1) is 30.6 Å². The highest BCUT2D eigenvalue weighted by Gasteiger charge is 2.50. The fraction of sp³-hybridized carbons (Fsp3) is 0.565. The highest BCUT2D eigenvalue weighted by atomic mass is 16.7. The Hall–Kier alpha value is -5.16. The standard InChI is InChI=1S/C46H62N4O12/c1-23-13-12-14-24(2)45(58)48-36-31(21-47-50-19-18-49-17-11-10-15-30(49)22-50)40(55)33-34(41(36)56)39(54)28(6)43-35(33)44(57)46(8,62-43)60-20-16-32(59-9)25(3)42(61-29(7)51)27(5)38(53)26(4)37(23)52/h12-14,16,20-21,23,25-27,30,32,37-38,42,52-56H,10-11,15,17-19,22H2,1-9H3,(H,48,58)/b13-12-,20-16?,24-14-,47-21+/t23-,25+,26+,27+,30?,32-,37-,38+,42+,46-/m0/s1. The molecule has 338 valence electrons. The van der Waals surface area contributed by atoms with Gasteiger partial charge in [0.15, 0.2) is 5.75 Å². The number of benzene rings is 2. The second-order valence-electron chi connectivity index (χ2n) is 17.5. The summed E-state index contributed by atoms with van der Waals surface area (Å²) in [4.78, 5) is 43.2. The molecule has 5 aliphatic rings. The number of carbonyl (C=O) groups excluding carboxylic acids is 3. The summed E-state index contributed by atoms with van der Waals surface area (Å²) in [5, 5.41) is 67.6. The van der Waals surface area contributed by atoms with Crippen molar-refractivity contribution in [2.24, 2.45) is 28.8 Å². The van der Waals surface area contributed by atoms with Gasteiger partial charge in [0.25, 0.3) is 11.7 Å². The highest BCUT2D eigenvalue weighted by molar-refractivity contribution is 6.23. The molecule has 1 unspecified atom stereocenters. The van der Waals surface area contributed by atoms with Gasteiger partial charge in [-0.05, 0) is 39.3 Å². The number of hydrazone groups is 1. The molecule has 5 bridgehead atoms. The second-order valence-corrected chi connectivity index (χ2v) is 17.5. The maximum atomic E-state index is 14.5. The summed E-state index contributed by atoms with van der Waals surface area (Å²) < 4.78 is 23.7. The Balaban J connectivity index is 1.50. The lowest BCUT2D eigenvalue weighted by molar-refractivity contribution is -0.160. The van der Waals surface area contributed by atoms with Crippen molar-refractivity contribution in [3.8, 4) is 23.0 Å². The zero-order valence-corrected chi connectivity index (χ0v) is 37.0. The van der Waals surface area contributed by atoms with Crippen molar-refractivity contribution in [2.45, 2.75) is 111 Å². The molecule has 0 aromatic heterocycles. The van der Waals surface area contributed by atoms with Crippen LogP contribution < -0.4 is 10.1 Å². The Bertz CT molecular complexity index is 2190. The number of amides is 1. The van der Waals surface area contributed by atoms with Crippen LogP contribution in [0.5, 0.6) is 23.0 Å². The Labute approximate surface area is 362 Å². The molecule has 2 saturated heterocycles. The van der Waals surface area contributed by atoms with E-state index in [-0.39, 0.29) is 44.5 Å². The molecule has 16 nitrogen and oxygen atoms in total. The van der Waals surface area contributed by atoms with E-state index in [0.29, 0.717) is 19.1 Å². The van der Waals surface area contributed by atoms with E-state index in [2.05, 4.69) is 10.2 Å². The predicted molar refractivity (Wildman–Crippen MR) is 232 cm³/mol. The second kappa shape index (κ2) is 18.7. The number of phenols is 3. The van der Waals surface area contributed by atoms with E-state index in [1.54, 1.807) is 39.8 Å². The first-order valence-corrected chi connectivity index (χ1v) is 21.4. The SMILES string of the molecule is CO[C@H]1C=CO[C@@]2(C)Oc3c(C)c(O)c4c(O)c(c(/C=N/N5CCN6CCCCC6C5)c(O)c4c3C2=O)NC(=O)/C(C)=C\C=C/[C@H](C)[C@H](O)[C@@H](C)[C@@H](O)[C@@H](C)[C@H](OC(C)=O)[C@@H]1C. The zero-order valence-electron chi connectivity index (χ0n) is 37.0. The number of esters is 1. The molecule has 1 amide bonds. The maximum absolute atomic E-state index is 14.5. The van der Waals surface area contributed by atoms with Crippen LogP contribution in [0.1, 0.15) is 89.2 Å². The summed E-state index contributed by atoms with van der Waals surface area (Å²) in [5.74, 6) is -8.27. The van der Waals surface area contributed by atoms with E-state index in [1.807, 2.05) is 5.01 Å². The summed E-state index contributed by atoms with van der Waals surface area (Å²) in [6.07, 6.45) is 8.25. The molecule has 0 radical (unpaired) electrons. The summed E-state index contributed by atoms with van der Waals surface area (Å²) in [6.45, 7) is 15.6. The Morgan fingerprint density at radius 1 is 0.952 bits per heavy atom. The minimum absolute atomic E-state index is 0.0633. The van der Waals surface area contributed by atoms with Crippen LogP contribution in [-0.4, -0.2) is 129 Å². The fourth-order valence-electron chi connectivity index (χ4n) is 9.26. The van der Waals surface area contributed by atoms with Crippen molar-refractivity contribution in [1.29, 1.82) is 0 Å². The van der Waals surface area contributed by atoms with Crippen molar-refractivity contribution in [3.05, 3.63) is 52.8 Å². The Morgan fingerprint density at radius 3 is 2.37 bits per heavy atom. The molecule has 0 saturated carbocycles. The van der Waals surface area contributed by atoms with Gasteiger partial charge in [0.05, 0.1) is 59.5 Å². The summed E-state index contributed by atoms with van der Waals surface area (Å²) in [7, 11) is 1.44. The average Bonchev–Trinajstić information content (AvgIpc) is 3.51. The molecule has 6 N–H and O–H groups in total. The van der Waals surface area contributed by atoms with E-state index in [9.17, 15) is 39.9 Å². The molecule has 0 spiro atoms. The van der Waals surface area contributed by atoms with E-state index >= 15 is 0 Å². The number of anilines is 1. The van der Waals surface area contributed by atoms with Crippen molar-refractivity contribution in [2.75, 3.05) is 38.6 Å². The van der Waals surface area contributed by atoms with Crippen LogP contribution in [0.3, 0.4) is 0 Å². The fourth-order valence-corrected chi connectivity index (χ4v) is 9.26. The molecule has 5 heterocycles. The van der Waals surface area contributed by atoms with Crippen molar-refractivity contribution < 1.29 is 58.9 Å². The number of hydrogen-bond donors (Lipinski definition) is 6. The molecule has 2 aromatic carbocycles.